The number of hydrogen-bond acceptors (Lipinski definition) is 4. The molecule has 22 heavy (non-hydrogen) atoms. The highest BCUT2D eigenvalue weighted by molar-refractivity contribution is 5.75. The Morgan fingerprint density at radius 2 is 1.77 bits per heavy atom. The predicted octanol–water partition coefficient (Wildman–Crippen LogP) is 2.28. The van der Waals surface area contributed by atoms with Gasteiger partial charge in [0.15, 0.2) is 0 Å². The number of carbonyl (C=O) groups is 1. The monoisotopic (exact) mass is 314 g/mol. The molecule has 1 aliphatic rings. The topological polar surface area (TPSA) is 61.8 Å². The first kappa shape index (κ1) is 19.4. The van der Waals surface area contributed by atoms with E-state index < -0.39 is 6.23 Å². The van der Waals surface area contributed by atoms with Gasteiger partial charge in [-0.05, 0) is 6.42 Å². The number of amides is 1. The summed E-state index contributed by atoms with van der Waals surface area (Å²) in [6.45, 7) is 6.38. The molecule has 5 heteroatoms. The summed E-state index contributed by atoms with van der Waals surface area (Å²) in [5.74, 6) is -0.0250. The standard InChI is InChI=1S/C17H34N2O3/c1-2-3-4-5-6-7-8-9-16(20)18-17(21)10-11-19-12-14-22-15-13-19/h17,21H,2-15H2,1H3,(H,18,20). The molecule has 0 radical (unpaired) electrons. The van der Waals surface area contributed by atoms with E-state index in [1.165, 1.54) is 32.1 Å². The second kappa shape index (κ2) is 12.9. The van der Waals surface area contributed by atoms with E-state index in [1.54, 1.807) is 0 Å². The third-order valence-electron chi connectivity index (χ3n) is 4.16. The number of unbranched alkanes of at least 4 members (excludes halogenated alkanes) is 6. The normalized spacial score (nSPS) is 17.4. The first-order valence-electron chi connectivity index (χ1n) is 9.00. The Bertz CT molecular complexity index is 281. The summed E-state index contributed by atoms with van der Waals surface area (Å²) in [5, 5.41) is 12.5. The third kappa shape index (κ3) is 10.1. The summed E-state index contributed by atoms with van der Waals surface area (Å²) in [6, 6.07) is 0. The fourth-order valence-electron chi connectivity index (χ4n) is 2.70. The summed E-state index contributed by atoms with van der Waals surface area (Å²) in [5.41, 5.74) is 0. The van der Waals surface area contributed by atoms with Gasteiger partial charge in [0.2, 0.25) is 5.91 Å². The Balaban J connectivity index is 1.94. The molecule has 130 valence electrons. The van der Waals surface area contributed by atoms with Crippen molar-refractivity contribution in [3.8, 4) is 0 Å². The molecule has 0 aromatic carbocycles. The molecule has 1 unspecified atom stereocenters. The number of aliphatic hydroxyl groups is 1. The zero-order valence-corrected chi connectivity index (χ0v) is 14.2. The third-order valence-corrected chi connectivity index (χ3v) is 4.16. The molecule has 0 spiro atoms. The first-order chi connectivity index (χ1) is 10.7. The molecule has 1 fully saturated rings. The second-order valence-electron chi connectivity index (χ2n) is 6.20. The highest BCUT2D eigenvalue weighted by Crippen LogP contribution is 2.08. The van der Waals surface area contributed by atoms with Crippen LogP contribution in [-0.4, -0.2) is 55.0 Å². The van der Waals surface area contributed by atoms with Crippen molar-refractivity contribution in [3.05, 3.63) is 0 Å². The van der Waals surface area contributed by atoms with Crippen LogP contribution in [0.3, 0.4) is 0 Å². The molecule has 0 bridgehead atoms. The molecule has 1 amide bonds. The molecule has 1 aliphatic heterocycles. The molecular weight excluding hydrogens is 280 g/mol. The average Bonchev–Trinajstić information content (AvgIpc) is 2.53. The molecule has 5 nitrogen and oxygen atoms in total. The maximum atomic E-state index is 11.7. The van der Waals surface area contributed by atoms with Crippen LogP contribution in [0, 0.1) is 0 Å². The van der Waals surface area contributed by atoms with Crippen molar-refractivity contribution >= 4 is 5.91 Å². The smallest absolute Gasteiger partial charge is 0.221 e. The highest BCUT2D eigenvalue weighted by Gasteiger charge is 2.13. The summed E-state index contributed by atoms with van der Waals surface area (Å²) < 4.78 is 5.28. The summed E-state index contributed by atoms with van der Waals surface area (Å²) >= 11 is 0. The van der Waals surface area contributed by atoms with E-state index in [0.29, 0.717) is 12.8 Å². The van der Waals surface area contributed by atoms with Gasteiger partial charge in [-0.25, -0.2) is 0 Å². The molecule has 0 aliphatic carbocycles. The number of rotatable bonds is 12. The Morgan fingerprint density at radius 1 is 1.14 bits per heavy atom. The SMILES string of the molecule is CCCCCCCCCC(=O)NC(O)CCN1CCOCC1. The number of nitrogens with one attached hydrogen (secondary N) is 1. The molecule has 1 heterocycles. The van der Waals surface area contributed by atoms with Gasteiger partial charge in [-0.1, -0.05) is 45.4 Å². The van der Waals surface area contributed by atoms with Gasteiger partial charge in [-0.15, -0.1) is 0 Å². The number of carbonyl (C=O) groups excluding carboxylic acids is 1. The van der Waals surface area contributed by atoms with Crippen LogP contribution in [0.2, 0.25) is 0 Å². The lowest BCUT2D eigenvalue weighted by Gasteiger charge is -2.27. The highest BCUT2D eigenvalue weighted by atomic mass is 16.5. The lowest BCUT2D eigenvalue weighted by molar-refractivity contribution is -0.124. The van der Waals surface area contributed by atoms with Crippen LogP contribution in [0.25, 0.3) is 0 Å². The van der Waals surface area contributed by atoms with Gasteiger partial charge in [0.05, 0.1) is 13.2 Å². The van der Waals surface area contributed by atoms with Crippen molar-refractivity contribution in [2.75, 3.05) is 32.8 Å². The van der Waals surface area contributed by atoms with Crippen LogP contribution in [0.5, 0.6) is 0 Å². The van der Waals surface area contributed by atoms with Crippen LogP contribution >= 0.6 is 0 Å². The summed E-state index contributed by atoms with van der Waals surface area (Å²) in [6.07, 6.45) is 8.81. The molecule has 2 N–H and O–H groups in total. The molecule has 1 atom stereocenters. The average molecular weight is 314 g/mol. The minimum atomic E-state index is -0.722. The van der Waals surface area contributed by atoms with Crippen LogP contribution in [0.4, 0.5) is 0 Å². The Labute approximate surface area is 135 Å². The quantitative estimate of drug-likeness (QED) is 0.428. The number of morpholine rings is 1. The first-order valence-corrected chi connectivity index (χ1v) is 9.00. The predicted molar refractivity (Wildman–Crippen MR) is 88.6 cm³/mol. The van der Waals surface area contributed by atoms with E-state index in [0.717, 1.165) is 45.7 Å². The van der Waals surface area contributed by atoms with E-state index in [4.69, 9.17) is 4.74 Å². The van der Waals surface area contributed by atoms with Crippen molar-refractivity contribution in [2.24, 2.45) is 0 Å². The van der Waals surface area contributed by atoms with Gasteiger partial charge in [-0.2, -0.15) is 0 Å². The van der Waals surface area contributed by atoms with Gasteiger partial charge in [-0.3, -0.25) is 9.69 Å². The van der Waals surface area contributed by atoms with E-state index in [1.807, 2.05) is 0 Å². The van der Waals surface area contributed by atoms with Gasteiger partial charge in [0.1, 0.15) is 6.23 Å². The Hall–Kier alpha value is -0.650. The zero-order chi connectivity index (χ0) is 16.0. The molecule has 0 saturated carbocycles. The van der Waals surface area contributed by atoms with Gasteiger partial charge in [0.25, 0.3) is 0 Å². The maximum Gasteiger partial charge on any atom is 0.221 e. The van der Waals surface area contributed by atoms with E-state index >= 15 is 0 Å². The molecular formula is C17H34N2O3. The number of hydrogen-bond donors (Lipinski definition) is 2. The van der Waals surface area contributed by atoms with E-state index in [9.17, 15) is 9.90 Å². The fraction of sp³-hybridized carbons (Fsp3) is 0.941. The van der Waals surface area contributed by atoms with Gasteiger partial charge >= 0.3 is 0 Å². The van der Waals surface area contributed by atoms with Crippen molar-refractivity contribution in [1.29, 1.82) is 0 Å². The molecule has 0 aromatic rings. The van der Waals surface area contributed by atoms with E-state index in [-0.39, 0.29) is 5.91 Å². The summed E-state index contributed by atoms with van der Waals surface area (Å²) in [4.78, 5) is 14.0. The van der Waals surface area contributed by atoms with E-state index in [2.05, 4.69) is 17.1 Å². The minimum Gasteiger partial charge on any atom is -0.379 e. The Kier molecular flexibility index (Phi) is 11.3. The van der Waals surface area contributed by atoms with Crippen molar-refractivity contribution in [1.82, 2.24) is 10.2 Å². The zero-order valence-electron chi connectivity index (χ0n) is 14.2. The number of nitrogens with zero attached hydrogens (tertiary/aromatic N) is 1. The summed E-state index contributed by atoms with van der Waals surface area (Å²) in [7, 11) is 0. The van der Waals surface area contributed by atoms with Crippen molar-refractivity contribution < 1.29 is 14.6 Å². The van der Waals surface area contributed by atoms with Crippen LogP contribution in [-0.2, 0) is 9.53 Å². The lowest BCUT2D eigenvalue weighted by atomic mass is 10.1. The van der Waals surface area contributed by atoms with Crippen molar-refractivity contribution in [2.45, 2.75) is 70.9 Å². The van der Waals surface area contributed by atoms with Gasteiger partial charge in [0, 0.05) is 32.5 Å². The van der Waals surface area contributed by atoms with Crippen LogP contribution in [0.1, 0.15) is 64.7 Å². The molecule has 1 saturated heterocycles. The van der Waals surface area contributed by atoms with Crippen molar-refractivity contribution in [3.63, 3.8) is 0 Å². The largest absolute Gasteiger partial charge is 0.379 e. The molecule has 1 rings (SSSR count). The molecule has 0 aromatic heterocycles. The lowest BCUT2D eigenvalue weighted by Crippen LogP contribution is -2.41. The van der Waals surface area contributed by atoms with Crippen LogP contribution in [0.15, 0.2) is 0 Å². The Morgan fingerprint density at radius 3 is 2.45 bits per heavy atom. The minimum absolute atomic E-state index is 0.0250. The maximum absolute atomic E-state index is 11.7. The van der Waals surface area contributed by atoms with Gasteiger partial charge < -0.3 is 15.2 Å². The fourth-order valence-corrected chi connectivity index (χ4v) is 2.70. The number of ether oxygens (including phenoxy) is 1. The van der Waals surface area contributed by atoms with Crippen LogP contribution < -0.4 is 5.32 Å². The second-order valence-corrected chi connectivity index (χ2v) is 6.20. The number of aliphatic hydroxyl groups excluding tert-OH is 1.